The van der Waals surface area contributed by atoms with E-state index in [2.05, 4.69) is 34.5 Å². The molecular formula is C26H33N3O2S. The molecule has 2 aromatic rings. The van der Waals surface area contributed by atoms with Crippen molar-refractivity contribution in [1.82, 2.24) is 4.98 Å². The van der Waals surface area contributed by atoms with Crippen molar-refractivity contribution in [3.05, 3.63) is 46.6 Å². The van der Waals surface area contributed by atoms with Crippen molar-refractivity contribution in [2.75, 3.05) is 35.7 Å². The van der Waals surface area contributed by atoms with Crippen LogP contribution < -0.4 is 10.2 Å². The highest BCUT2D eigenvalue weighted by molar-refractivity contribution is 7.85. The number of hydrogen-bond acceptors (Lipinski definition) is 5. The summed E-state index contributed by atoms with van der Waals surface area (Å²) < 4.78 is 12.7. The Bertz CT molecular complexity index is 1050. The lowest BCUT2D eigenvalue weighted by atomic mass is 9.77. The first-order valence-corrected chi connectivity index (χ1v) is 13.6. The van der Waals surface area contributed by atoms with Crippen LogP contribution in [0, 0.1) is 0 Å². The van der Waals surface area contributed by atoms with Crippen LogP contribution in [0.4, 0.5) is 11.5 Å². The number of aliphatic hydroxyl groups excluding tert-OH is 1. The van der Waals surface area contributed by atoms with Gasteiger partial charge in [-0.25, -0.2) is 4.98 Å². The lowest BCUT2D eigenvalue weighted by molar-refractivity contribution is 0.144. The summed E-state index contributed by atoms with van der Waals surface area (Å²) in [6, 6.07) is 9.30. The Balaban J connectivity index is 1.22. The predicted molar refractivity (Wildman–Crippen MR) is 129 cm³/mol. The molecule has 2 aliphatic heterocycles. The topological polar surface area (TPSA) is 65.5 Å². The molecule has 32 heavy (non-hydrogen) atoms. The van der Waals surface area contributed by atoms with Crippen molar-refractivity contribution in [2.45, 2.75) is 74.1 Å². The van der Waals surface area contributed by atoms with Gasteiger partial charge in [-0.2, -0.15) is 0 Å². The standard InChI is InChI=1S/C26H33N3O2S/c30-17-26(10-2-11-26)28-23-16-24(27-22-9-14-32(31)25(22)23)29-12-7-19(8-13-29)21-6-5-18-3-1-4-20(18)15-21/h5-6,15-16,19,30H,1-4,7-14,17H2,(H,27,28)/t32-/m0/s1. The zero-order chi connectivity index (χ0) is 21.7. The lowest BCUT2D eigenvalue weighted by Crippen LogP contribution is -2.48. The minimum Gasteiger partial charge on any atom is -0.394 e. The molecule has 3 heterocycles. The third kappa shape index (κ3) is 3.56. The first-order valence-electron chi connectivity index (χ1n) is 12.3. The third-order valence-electron chi connectivity index (χ3n) is 8.21. The van der Waals surface area contributed by atoms with Crippen LogP contribution in [0.25, 0.3) is 0 Å². The molecule has 0 radical (unpaired) electrons. The van der Waals surface area contributed by atoms with Crippen molar-refractivity contribution >= 4 is 22.3 Å². The summed E-state index contributed by atoms with van der Waals surface area (Å²) in [4.78, 5) is 8.25. The normalized spacial score (nSPS) is 24.2. The van der Waals surface area contributed by atoms with Gasteiger partial charge in [0, 0.05) is 31.3 Å². The van der Waals surface area contributed by atoms with Gasteiger partial charge in [0.05, 0.1) is 39.2 Å². The van der Waals surface area contributed by atoms with Crippen LogP contribution in [-0.2, 0) is 30.1 Å². The largest absolute Gasteiger partial charge is 0.394 e. The van der Waals surface area contributed by atoms with Gasteiger partial charge in [0.15, 0.2) is 0 Å². The quantitative estimate of drug-likeness (QED) is 0.721. The van der Waals surface area contributed by atoms with Gasteiger partial charge in [0.25, 0.3) is 0 Å². The molecule has 6 rings (SSSR count). The molecule has 5 nitrogen and oxygen atoms in total. The lowest BCUT2D eigenvalue weighted by Gasteiger charge is -2.42. The zero-order valence-electron chi connectivity index (χ0n) is 18.7. The minimum atomic E-state index is -0.993. The van der Waals surface area contributed by atoms with Crippen LogP contribution in [0.15, 0.2) is 29.2 Å². The molecule has 2 aliphatic carbocycles. The van der Waals surface area contributed by atoms with Crippen LogP contribution >= 0.6 is 0 Å². The predicted octanol–water partition coefficient (Wildman–Crippen LogP) is 3.94. The second kappa shape index (κ2) is 8.14. The average Bonchev–Trinajstić information content (AvgIpc) is 3.42. The second-order valence-electron chi connectivity index (χ2n) is 10.2. The maximum absolute atomic E-state index is 12.7. The van der Waals surface area contributed by atoms with Crippen molar-refractivity contribution in [1.29, 1.82) is 0 Å². The Morgan fingerprint density at radius 3 is 2.66 bits per heavy atom. The molecular weight excluding hydrogens is 418 g/mol. The van der Waals surface area contributed by atoms with Crippen molar-refractivity contribution in [3.63, 3.8) is 0 Å². The van der Waals surface area contributed by atoms with E-state index in [1.165, 1.54) is 24.8 Å². The molecule has 6 heteroatoms. The van der Waals surface area contributed by atoms with E-state index >= 15 is 0 Å². The molecule has 1 saturated heterocycles. The fraction of sp³-hybridized carbons (Fsp3) is 0.577. The van der Waals surface area contributed by atoms with Gasteiger partial charge in [-0.1, -0.05) is 18.2 Å². The van der Waals surface area contributed by atoms with E-state index in [1.807, 2.05) is 0 Å². The highest BCUT2D eigenvalue weighted by atomic mass is 32.2. The molecule has 2 fully saturated rings. The summed E-state index contributed by atoms with van der Waals surface area (Å²) in [6.07, 6.45) is 9.93. The second-order valence-corrected chi connectivity index (χ2v) is 11.7. The number of nitrogens with zero attached hydrogens (tertiary/aromatic N) is 2. The van der Waals surface area contributed by atoms with Crippen molar-refractivity contribution < 1.29 is 9.32 Å². The van der Waals surface area contributed by atoms with E-state index in [-0.39, 0.29) is 12.1 Å². The molecule has 1 saturated carbocycles. The highest BCUT2D eigenvalue weighted by Gasteiger charge is 2.38. The van der Waals surface area contributed by atoms with Gasteiger partial charge < -0.3 is 15.3 Å². The number of nitrogens with one attached hydrogen (secondary N) is 1. The molecule has 2 N–H and O–H groups in total. The molecule has 1 atom stereocenters. The van der Waals surface area contributed by atoms with Gasteiger partial charge in [0.1, 0.15) is 5.82 Å². The Kier molecular flexibility index (Phi) is 5.26. The molecule has 1 aromatic carbocycles. The molecule has 170 valence electrons. The Morgan fingerprint density at radius 2 is 1.91 bits per heavy atom. The number of aliphatic hydroxyl groups is 1. The van der Waals surface area contributed by atoms with Gasteiger partial charge >= 0.3 is 0 Å². The molecule has 4 aliphatic rings. The molecule has 0 spiro atoms. The molecule has 0 unspecified atom stereocenters. The number of rotatable bonds is 5. The van der Waals surface area contributed by atoms with E-state index in [1.54, 1.807) is 11.1 Å². The summed E-state index contributed by atoms with van der Waals surface area (Å²) in [5.74, 6) is 2.29. The van der Waals surface area contributed by atoms with Crippen molar-refractivity contribution in [3.8, 4) is 0 Å². The van der Waals surface area contributed by atoms with Gasteiger partial charge in [-0.3, -0.25) is 4.21 Å². The fourth-order valence-corrected chi connectivity index (χ4v) is 7.39. The summed E-state index contributed by atoms with van der Waals surface area (Å²) in [7, 11) is -0.993. The maximum Gasteiger partial charge on any atom is 0.130 e. The van der Waals surface area contributed by atoms with Crippen molar-refractivity contribution in [2.24, 2.45) is 0 Å². The van der Waals surface area contributed by atoms with E-state index < -0.39 is 10.8 Å². The smallest absolute Gasteiger partial charge is 0.130 e. The van der Waals surface area contributed by atoms with Crippen LogP contribution in [0.5, 0.6) is 0 Å². The molecule has 0 amide bonds. The maximum atomic E-state index is 12.7. The van der Waals surface area contributed by atoms with Crippen LogP contribution in [0.2, 0.25) is 0 Å². The van der Waals surface area contributed by atoms with E-state index in [0.717, 1.165) is 73.7 Å². The summed E-state index contributed by atoms with van der Waals surface area (Å²) in [6.45, 7) is 2.13. The number of hydrogen-bond donors (Lipinski definition) is 2. The van der Waals surface area contributed by atoms with Crippen LogP contribution in [0.1, 0.15) is 66.8 Å². The third-order valence-corrected chi connectivity index (χ3v) is 9.69. The van der Waals surface area contributed by atoms with Crippen LogP contribution in [0.3, 0.4) is 0 Å². The Hall–Kier alpha value is -1.92. The average molecular weight is 452 g/mol. The van der Waals surface area contributed by atoms with Gasteiger partial charge in [-0.05, 0) is 74.0 Å². The number of benzene rings is 1. The van der Waals surface area contributed by atoms with E-state index in [9.17, 15) is 9.32 Å². The van der Waals surface area contributed by atoms with Gasteiger partial charge in [-0.15, -0.1) is 0 Å². The minimum absolute atomic E-state index is 0.123. The van der Waals surface area contributed by atoms with Crippen LogP contribution in [-0.4, -0.2) is 45.3 Å². The first kappa shape index (κ1) is 20.7. The number of aryl methyl sites for hydroxylation is 3. The van der Waals surface area contributed by atoms with Gasteiger partial charge in [0.2, 0.25) is 0 Å². The number of aromatic nitrogens is 1. The fourth-order valence-electron chi connectivity index (χ4n) is 6.04. The zero-order valence-corrected chi connectivity index (χ0v) is 19.6. The molecule has 1 aromatic heterocycles. The monoisotopic (exact) mass is 451 g/mol. The van der Waals surface area contributed by atoms with E-state index in [0.29, 0.717) is 11.7 Å². The summed E-state index contributed by atoms with van der Waals surface area (Å²) in [5, 5.41) is 13.6. The summed E-state index contributed by atoms with van der Waals surface area (Å²) >= 11 is 0. The first-order chi connectivity index (χ1) is 15.6. The Labute approximate surface area is 193 Å². The Morgan fingerprint density at radius 1 is 1.09 bits per heavy atom. The highest BCUT2D eigenvalue weighted by Crippen LogP contribution is 2.40. The summed E-state index contributed by atoms with van der Waals surface area (Å²) in [5.41, 5.74) is 6.31. The SMILES string of the molecule is O=[S@]1CCc2nc(N3CCC(c4ccc5c(c4)CCC5)CC3)cc(NC3(CO)CCC3)c21. The number of fused-ring (bicyclic) bond motifs is 2. The number of anilines is 2. The number of pyridine rings is 1. The van der Waals surface area contributed by atoms with E-state index in [4.69, 9.17) is 4.98 Å². The molecule has 0 bridgehead atoms. The number of piperidine rings is 1.